The van der Waals surface area contributed by atoms with E-state index in [4.69, 9.17) is 9.47 Å². The number of carbonyl (C=O) groups excluding carboxylic acids is 1. The molecule has 8 heteroatoms. The zero-order valence-corrected chi connectivity index (χ0v) is 16.4. The normalized spacial score (nSPS) is 29.7. The van der Waals surface area contributed by atoms with Crippen LogP contribution in [0.25, 0.3) is 0 Å². The first-order valence-electron chi connectivity index (χ1n) is 10.6. The van der Waals surface area contributed by atoms with Crippen LogP contribution in [0.2, 0.25) is 0 Å². The predicted molar refractivity (Wildman–Crippen MR) is 104 cm³/mol. The van der Waals surface area contributed by atoms with Crippen molar-refractivity contribution < 1.29 is 14.3 Å². The first-order chi connectivity index (χ1) is 14.3. The van der Waals surface area contributed by atoms with Crippen molar-refractivity contribution >= 4 is 5.91 Å². The molecule has 0 spiro atoms. The van der Waals surface area contributed by atoms with Crippen molar-refractivity contribution in [2.75, 3.05) is 13.2 Å². The summed E-state index contributed by atoms with van der Waals surface area (Å²) in [5.74, 6) is 0.598. The smallest absolute Gasteiger partial charge is 0.251 e. The largest absolute Gasteiger partial charge is 0.371 e. The standard InChI is InChI=1S/C21H27N5O3/c27-21(15-6-8-22-9-7-15)23-17-12-28-20-18(13-29-19(17)20)26-11-16(24-25-26)10-14-4-2-1-3-5-14/h6-9,11,14,17-20H,1-5,10,12-13H2,(H,23,27)/t17-,18-,19+,20+/m0/s1. The first-order valence-corrected chi connectivity index (χ1v) is 10.6. The molecular formula is C21H27N5O3. The highest BCUT2D eigenvalue weighted by Gasteiger charge is 2.49. The van der Waals surface area contributed by atoms with E-state index in [1.165, 1.54) is 32.1 Å². The van der Waals surface area contributed by atoms with Crippen molar-refractivity contribution in [2.45, 2.75) is 62.8 Å². The van der Waals surface area contributed by atoms with Crippen LogP contribution in [0.3, 0.4) is 0 Å². The van der Waals surface area contributed by atoms with E-state index in [-0.39, 0.29) is 30.2 Å². The van der Waals surface area contributed by atoms with Gasteiger partial charge in [-0.2, -0.15) is 0 Å². The molecule has 2 aromatic rings. The number of nitrogens with one attached hydrogen (secondary N) is 1. The Morgan fingerprint density at radius 1 is 1.10 bits per heavy atom. The van der Waals surface area contributed by atoms with Crippen LogP contribution < -0.4 is 5.32 Å². The highest BCUT2D eigenvalue weighted by atomic mass is 16.6. The molecule has 2 aliphatic heterocycles. The number of amides is 1. The van der Waals surface area contributed by atoms with Gasteiger partial charge in [0.2, 0.25) is 0 Å². The molecule has 0 unspecified atom stereocenters. The average molecular weight is 397 g/mol. The third-order valence-corrected chi connectivity index (χ3v) is 6.41. The minimum absolute atomic E-state index is 0.00423. The van der Waals surface area contributed by atoms with Crippen LogP contribution >= 0.6 is 0 Å². The van der Waals surface area contributed by atoms with Gasteiger partial charge in [-0.05, 0) is 24.5 Å². The van der Waals surface area contributed by atoms with E-state index in [1.54, 1.807) is 24.5 Å². The molecule has 8 nitrogen and oxygen atoms in total. The van der Waals surface area contributed by atoms with E-state index in [0.717, 1.165) is 18.0 Å². The molecule has 2 aromatic heterocycles. The second-order valence-electron chi connectivity index (χ2n) is 8.38. The van der Waals surface area contributed by atoms with Gasteiger partial charge in [-0.25, -0.2) is 4.68 Å². The lowest BCUT2D eigenvalue weighted by molar-refractivity contribution is 0.0613. The second kappa shape index (κ2) is 8.20. The van der Waals surface area contributed by atoms with Crippen LogP contribution in [0, 0.1) is 5.92 Å². The van der Waals surface area contributed by atoms with Gasteiger partial charge in [-0.1, -0.05) is 37.3 Å². The van der Waals surface area contributed by atoms with Crippen LogP contribution in [0.15, 0.2) is 30.7 Å². The van der Waals surface area contributed by atoms with Crippen LogP contribution in [0.5, 0.6) is 0 Å². The number of nitrogens with zero attached hydrogens (tertiary/aromatic N) is 4. The van der Waals surface area contributed by atoms with Crippen LogP contribution in [-0.2, 0) is 15.9 Å². The highest BCUT2D eigenvalue weighted by molar-refractivity contribution is 5.94. The first kappa shape index (κ1) is 18.7. The Balaban J connectivity index is 1.21. The zero-order chi connectivity index (χ0) is 19.6. The van der Waals surface area contributed by atoms with E-state index in [9.17, 15) is 4.79 Å². The minimum atomic E-state index is -0.170. The molecule has 0 aromatic carbocycles. The van der Waals surface area contributed by atoms with Gasteiger partial charge < -0.3 is 14.8 Å². The molecule has 5 rings (SSSR count). The van der Waals surface area contributed by atoms with Gasteiger partial charge in [0.05, 0.1) is 24.9 Å². The summed E-state index contributed by atoms with van der Waals surface area (Å²) in [6.45, 7) is 0.954. The summed E-state index contributed by atoms with van der Waals surface area (Å²) in [7, 11) is 0. The number of rotatable bonds is 5. The fourth-order valence-corrected chi connectivity index (χ4v) is 4.84. The number of hydrogen-bond donors (Lipinski definition) is 1. The summed E-state index contributed by atoms with van der Waals surface area (Å²) in [4.78, 5) is 16.4. The Hall–Kier alpha value is -2.32. The number of ether oxygens (including phenoxy) is 2. The van der Waals surface area contributed by atoms with Crippen molar-refractivity contribution in [3.8, 4) is 0 Å². The minimum Gasteiger partial charge on any atom is -0.371 e. The Kier molecular flexibility index (Phi) is 5.28. The van der Waals surface area contributed by atoms with Crippen molar-refractivity contribution in [3.05, 3.63) is 42.0 Å². The maximum Gasteiger partial charge on any atom is 0.251 e. The number of pyridine rings is 1. The number of aromatic nitrogens is 4. The van der Waals surface area contributed by atoms with Crippen LogP contribution in [0.4, 0.5) is 0 Å². The molecule has 1 saturated carbocycles. The van der Waals surface area contributed by atoms with Gasteiger partial charge in [0.1, 0.15) is 18.2 Å². The van der Waals surface area contributed by atoms with Crippen molar-refractivity contribution in [1.82, 2.24) is 25.3 Å². The van der Waals surface area contributed by atoms with E-state index in [0.29, 0.717) is 18.8 Å². The molecule has 4 heterocycles. The van der Waals surface area contributed by atoms with Gasteiger partial charge in [0, 0.05) is 24.2 Å². The lowest BCUT2D eigenvalue weighted by Crippen LogP contribution is -2.44. The van der Waals surface area contributed by atoms with Gasteiger partial charge in [-0.15, -0.1) is 5.10 Å². The lowest BCUT2D eigenvalue weighted by atomic mass is 9.86. The Morgan fingerprint density at radius 2 is 1.90 bits per heavy atom. The van der Waals surface area contributed by atoms with Gasteiger partial charge in [0.25, 0.3) is 5.91 Å². The predicted octanol–water partition coefficient (Wildman–Crippen LogP) is 1.93. The molecule has 154 valence electrons. The van der Waals surface area contributed by atoms with E-state index < -0.39 is 0 Å². The topological polar surface area (TPSA) is 91.2 Å². The average Bonchev–Trinajstić information content (AvgIpc) is 3.47. The summed E-state index contributed by atoms with van der Waals surface area (Å²) in [6, 6.07) is 3.22. The van der Waals surface area contributed by atoms with E-state index in [2.05, 4.69) is 26.8 Å². The number of hydrogen-bond acceptors (Lipinski definition) is 6. The quantitative estimate of drug-likeness (QED) is 0.829. The molecule has 1 amide bonds. The Morgan fingerprint density at radius 3 is 2.72 bits per heavy atom. The van der Waals surface area contributed by atoms with E-state index >= 15 is 0 Å². The van der Waals surface area contributed by atoms with Gasteiger partial charge >= 0.3 is 0 Å². The fourth-order valence-electron chi connectivity index (χ4n) is 4.84. The summed E-state index contributed by atoms with van der Waals surface area (Å²) < 4.78 is 13.9. The summed E-state index contributed by atoms with van der Waals surface area (Å²) in [5.41, 5.74) is 1.64. The molecule has 0 radical (unpaired) electrons. The second-order valence-corrected chi connectivity index (χ2v) is 8.38. The Labute approximate surface area is 170 Å². The highest BCUT2D eigenvalue weighted by Crippen LogP contribution is 2.34. The van der Waals surface area contributed by atoms with Crippen molar-refractivity contribution in [2.24, 2.45) is 5.92 Å². The molecule has 2 saturated heterocycles. The van der Waals surface area contributed by atoms with Crippen LogP contribution in [-0.4, -0.2) is 57.3 Å². The van der Waals surface area contributed by atoms with Crippen molar-refractivity contribution in [3.63, 3.8) is 0 Å². The Bertz CT molecular complexity index is 836. The maximum atomic E-state index is 12.5. The van der Waals surface area contributed by atoms with Gasteiger partial charge in [-0.3, -0.25) is 9.78 Å². The van der Waals surface area contributed by atoms with Crippen LogP contribution in [0.1, 0.15) is 54.2 Å². The number of carbonyl (C=O) groups is 1. The molecule has 1 N–H and O–H groups in total. The number of fused-ring (bicyclic) bond motifs is 1. The lowest BCUT2D eigenvalue weighted by Gasteiger charge is -2.20. The summed E-state index contributed by atoms with van der Waals surface area (Å²) >= 11 is 0. The zero-order valence-electron chi connectivity index (χ0n) is 16.4. The third-order valence-electron chi connectivity index (χ3n) is 6.41. The molecule has 3 fully saturated rings. The molecular weight excluding hydrogens is 370 g/mol. The molecule has 29 heavy (non-hydrogen) atoms. The summed E-state index contributed by atoms with van der Waals surface area (Å²) in [6.07, 6.45) is 12.6. The molecule has 1 aliphatic carbocycles. The van der Waals surface area contributed by atoms with E-state index in [1.807, 2.05) is 4.68 Å². The monoisotopic (exact) mass is 397 g/mol. The molecule has 0 bridgehead atoms. The van der Waals surface area contributed by atoms with Crippen molar-refractivity contribution in [1.29, 1.82) is 0 Å². The molecule has 4 atom stereocenters. The summed E-state index contributed by atoms with van der Waals surface area (Å²) in [5, 5.41) is 11.8. The third kappa shape index (κ3) is 3.91. The van der Waals surface area contributed by atoms with Gasteiger partial charge in [0.15, 0.2) is 0 Å². The maximum absolute atomic E-state index is 12.5. The SMILES string of the molecule is O=C(N[C@H]1CO[C@H]2[C@@H]1OC[C@@H]2n1cc(CC2CCCCC2)nn1)c1ccncc1. The fraction of sp³-hybridized carbons (Fsp3) is 0.619. The molecule has 3 aliphatic rings.